The number of hydrogen-bond acceptors (Lipinski definition) is 4. The average Bonchev–Trinajstić information content (AvgIpc) is 2.16. The lowest BCUT2D eigenvalue weighted by Crippen LogP contribution is -2.10. The molecule has 1 aromatic rings. The first-order valence-corrected chi connectivity index (χ1v) is 3.77. The number of aromatic carboxylic acids is 1. The number of hydrogen-bond donors (Lipinski definition) is 2. The van der Waals surface area contributed by atoms with E-state index in [2.05, 4.69) is 4.74 Å². The maximum Gasteiger partial charge on any atom is 0.338 e. The van der Waals surface area contributed by atoms with Crippen molar-refractivity contribution in [3.63, 3.8) is 0 Å². The number of rotatable bonds is 2. The largest absolute Gasteiger partial charge is 0.478 e. The zero-order valence-electron chi connectivity index (χ0n) is 7.48. The summed E-state index contributed by atoms with van der Waals surface area (Å²) in [5.74, 6) is -1.90. The first kappa shape index (κ1) is 10.0. The van der Waals surface area contributed by atoms with Gasteiger partial charge in [0.2, 0.25) is 0 Å². The highest BCUT2D eigenvalue weighted by atomic mass is 16.5. The molecule has 0 saturated carbocycles. The first-order chi connectivity index (χ1) is 6.56. The Balaban J connectivity index is 3.29. The zero-order valence-corrected chi connectivity index (χ0v) is 7.48. The third-order valence-electron chi connectivity index (χ3n) is 1.68. The normalized spacial score (nSPS) is 9.50. The van der Waals surface area contributed by atoms with E-state index in [0.29, 0.717) is 5.69 Å². The molecule has 0 bridgehead atoms. The van der Waals surface area contributed by atoms with Crippen molar-refractivity contribution in [3.8, 4) is 0 Å². The number of carboxylic acids is 1. The van der Waals surface area contributed by atoms with E-state index in [-0.39, 0.29) is 11.1 Å². The van der Waals surface area contributed by atoms with Crippen LogP contribution in [0.4, 0.5) is 5.69 Å². The molecule has 0 amide bonds. The van der Waals surface area contributed by atoms with E-state index < -0.39 is 11.9 Å². The molecule has 3 N–H and O–H groups in total. The summed E-state index contributed by atoms with van der Waals surface area (Å²) in [7, 11) is 1.18. The summed E-state index contributed by atoms with van der Waals surface area (Å²) in [6, 6.07) is 3.95. The summed E-state index contributed by atoms with van der Waals surface area (Å²) in [5, 5.41) is 8.75. The van der Waals surface area contributed by atoms with Crippen molar-refractivity contribution in [2.75, 3.05) is 12.8 Å². The lowest BCUT2D eigenvalue weighted by molar-refractivity contribution is 0.0583. The molecule has 1 aromatic carbocycles. The molecule has 14 heavy (non-hydrogen) atoms. The molecular weight excluding hydrogens is 186 g/mol. The Kier molecular flexibility index (Phi) is 2.71. The van der Waals surface area contributed by atoms with Gasteiger partial charge in [-0.3, -0.25) is 0 Å². The number of anilines is 1. The predicted molar refractivity (Wildman–Crippen MR) is 49.2 cm³/mol. The Labute approximate surface area is 80.1 Å². The number of carboxylic acid groups (broad SMARTS) is 1. The van der Waals surface area contributed by atoms with Crippen molar-refractivity contribution in [2.45, 2.75) is 0 Å². The molecule has 0 saturated heterocycles. The molecule has 5 heteroatoms. The van der Waals surface area contributed by atoms with Gasteiger partial charge in [-0.1, -0.05) is 0 Å². The summed E-state index contributed by atoms with van der Waals surface area (Å²) in [6.07, 6.45) is 0. The third kappa shape index (κ3) is 1.82. The van der Waals surface area contributed by atoms with Crippen LogP contribution >= 0.6 is 0 Å². The first-order valence-electron chi connectivity index (χ1n) is 3.77. The van der Waals surface area contributed by atoms with Crippen LogP contribution in [0.25, 0.3) is 0 Å². The highest BCUT2D eigenvalue weighted by molar-refractivity contribution is 6.03. The van der Waals surface area contributed by atoms with Crippen LogP contribution < -0.4 is 5.73 Å². The number of esters is 1. The smallest absolute Gasteiger partial charge is 0.338 e. The van der Waals surface area contributed by atoms with Crippen LogP contribution in [0.15, 0.2) is 18.2 Å². The lowest BCUT2D eigenvalue weighted by atomic mass is 10.1. The molecule has 0 fully saturated rings. The van der Waals surface area contributed by atoms with Gasteiger partial charge in [-0.05, 0) is 18.2 Å². The van der Waals surface area contributed by atoms with E-state index in [1.165, 1.54) is 25.3 Å². The number of nitrogens with two attached hydrogens (primary N) is 1. The molecule has 0 heterocycles. The highest BCUT2D eigenvalue weighted by Crippen LogP contribution is 2.14. The SMILES string of the molecule is COC(=O)c1cc(N)ccc1C(=O)O. The molecular formula is C9H9NO4. The van der Waals surface area contributed by atoms with Crippen molar-refractivity contribution < 1.29 is 19.4 Å². The van der Waals surface area contributed by atoms with Gasteiger partial charge in [0, 0.05) is 5.69 Å². The molecule has 0 atom stereocenters. The maximum atomic E-state index is 11.1. The number of carbonyl (C=O) groups is 2. The van der Waals surface area contributed by atoms with Crippen LogP contribution in [0.2, 0.25) is 0 Å². The molecule has 0 spiro atoms. The molecule has 0 unspecified atom stereocenters. The van der Waals surface area contributed by atoms with Gasteiger partial charge in [-0.25, -0.2) is 9.59 Å². The Morgan fingerprint density at radius 1 is 1.36 bits per heavy atom. The molecule has 0 aromatic heterocycles. The molecule has 0 aliphatic heterocycles. The fourth-order valence-electron chi connectivity index (χ4n) is 1.03. The van der Waals surface area contributed by atoms with E-state index in [0.717, 1.165) is 0 Å². The van der Waals surface area contributed by atoms with Crippen molar-refractivity contribution >= 4 is 17.6 Å². The second-order valence-electron chi connectivity index (χ2n) is 2.60. The highest BCUT2D eigenvalue weighted by Gasteiger charge is 2.16. The Hall–Kier alpha value is -2.04. The fraction of sp³-hybridized carbons (Fsp3) is 0.111. The van der Waals surface area contributed by atoms with E-state index in [9.17, 15) is 9.59 Å². The molecule has 74 valence electrons. The molecule has 0 aliphatic carbocycles. The van der Waals surface area contributed by atoms with Crippen LogP contribution in [0, 0.1) is 0 Å². The van der Waals surface area contributed by atoms with Crippen LogP contribution in [0.1, 0.15) is 20.7 Å². The van der Waals surface area contributed by atoms with Gasteiger partial charge >= 0.3 is 11.9 Å². The minimum atomic E-state index is -1.19. The van der Waals surface area contributed by atoms with Crippen LogP contribution in [-0.2, 0) is 4.74 Å². The predicted octanol–water partition coefficient (Wildman–Crippen LogP) is 0.754. The number of methoxy groups -OCH3 is 1. The van der Waals surface area contributed by atoms with Gasteiger partial charge in [0.25, 0.3) is 0 Å². The zero-order chi connectivity index (χ0) is 10.7. The Morgan fingerprint density at radius 2 is 2.00 bits per heavy atom. The summed E-state index contributed by atoms with van der Waals surface area (Å²) in [5.41, 5.74) is 5.57. The van der Waals surface area contributed by atoms with E-state index >= 15 is 0 Å². The monoisotopic (exact) mass is 195 g/mol. The summed E-state index contributed by atoms with van der Waals surface area (Å²) in [4.78, 5) is 21.9. The summed E-state index contributed by atoms with van der Waals surface area (Å²) in [6.45, 7) is 0. The van der Waals surface area contributed by atoms with Crippen LogP contribution in [0.5, 0.6) is 0 Å². The van der Waals surface area contributed by atoms with Crippen LogP contribution in [-0.4, -0.2) is 24.2 Å². The maximum absolute atomic E-state index is 11.1. The third-order valence-corrected chi connectivity index (χ3v) is 1.68. The Bertz CT molecular complexity index is 386. The van der Waals surface area contributed by atoms with Gasteiger partial charge in [0.05, 0.1) is 18.2 Å². The van der Waals surface area contributed by atoms with Gasteiger partial charge < -0.3 is 15.6 Å². The van der Waals surface area contributed by atoms with Crippen molar-refractivity contribution in [1.82, 2.24) is 0 Å². The summed E-state index contributed by atoms with van der Waals surface area (Å²) >= 11 is 0. The number of carbonyl (C=O) groups excluding carboxylic acids is 1. The minimum Gasteiger partial charge on any atom is -0.478 e. The van der Waals surface area contributed by atoms with E-state index in [1.807, 2.05) is 0 Å². The van der Waals surface area contributed by atoms with E-state index in [1.54, 1.807) is 0 Å². The standard InChI is InChI=1S/C9H9NO4/c1-14-9(13)7-4-5(10)2-3-6(7)8(11)12/h2-4H,10H2,1H3,(H,11,12). The molecule has 0 aliphatic rings. The summed E-state index contributed by atoms with van der Waals surface area (Å²) < 4.78 is 4.42. The molecule has 1 rings (SSSR count). The Morgan fingerprint density at radius 3 is 2.50 bits per heavy atom. The van der Waals surface area contributed by atoms with Gasteiger partial charge in [-0.15, -0.1) is 0 Å². The van der Waals surface area contributed by atoms with Gasteiger partial charge in [0.15, 0.2) is 0 Å². The average molecular weight is 195 g/mol. The second kappa shape index (κ2) is 3.78. The van der Waals surface area contributed by atoms with Crippen molar-refractivity contribution in [1.29, 1.82) is 0 Å². The number of nitrogen functional groups attached to an aromatic ring is 1. The second-order valence-corrected chi connectivity index (χ2v) is 2.60. The fourth-order valence-corrected chi connectivity index (χ4v) is 1.03. The molecule has 0 radical (unpaired) electrons. The topological polar surface area (TPSA) is 89.6 Å². The number of ether oxygens (including phenoxy) is 1. The lowest BCUT2D eigenvalue weighted by Gasteiger charge is -2.04. The number of benzene rings is 1. The van der Waals surface area contributed by atoms with Crippen LogP contribution in [0.3, 0.4) is 0 Å². The molecule has 5 nitrogen and oxygen atoms in total. The minimum absolute atomic E-state index is 0.0417. The van der Waals surface area contributed by atoms with Crippen molar-refractivity contribution in [3.05, 3.63) is 29.3 Å². The van der Waals surface area contributed by atoms with Gasteiger partial charge in [0.1, 0.15) is 0 Å². The van der Waals surface area contributed by atoms with Gasteiger partial charge in [-0.2, -0.15) is 0 Å². The van der Waals surface area contributed by atoms with Crippen molar-refractivity contribution in [2.24, 2.45) is 0 Å². The quantitative estimate of drug-likeness (QED) is 0.537. The van der Waals surface area contributed by atoms with E-state index in [4.69, 9.17) is 10.8 Å².